The van der Waals surface area contributed by atoms with Gasteiger partial charge >= 0.3 is 343 Å². The predicted molar refractivity (Wildman–Crippen MR) is 246 cm³/mol. The van der Waals surface area contributed by atoms with Crippen LogP contribution in [0.4, 0.5) is 22.7 Å². The molecule has 10 nitrogen and oxygen atoms in total. The van der Waals surface area contributed by atoms with Crippen LogP contribution in [0.25, 0.3) is 43.6 Å². The molecular weight excluding hydrogens is 767 g/mol. The van der Waals surface area contributed by atoms with Crippen LogP contribution in [0.3, 0.4) is 0 Å². The van der Waals surface area contributed by atoms with Gasteiger partial charge in [-0.15, -0.1) is 0 Å². The van der Waals surface area contributed by atoms with Gasteiger partial charge in [0.1, 0.15) is 0 Å². The average molecular weight is 803 g/mol. The van der Waals surface area contributed by atoms with Gasteiger partial charge in [0.05, 0.1) is 0 Å². The van der Waals surface area contributed by atoms with Crippen LogP contribution in [0.15, 0.2) is 159 Å². The standard InChI is InChI=1S/C47H36N10P2/c1-56-40-14-30-22-48-26-52-36(30)18-44(40)58(34-10-6-4-7-11-34)45-19-37-31(23-49-27-53-37)15-41(45)57(2)43-17-33-25-51-29-55-39(33)21-47(43)59(3,35-12-8-5-9-13-35)46-20-38-32(16-42(46)56)24-50-28-54-38/h4-29,59H,1-3H3. The first-order valence-electron chi connectivity index (χ1n) is 19.3. The molecule has 10 aromatic rings. The van der Waals surface area contributed by atoms with E-state index in [0.29, 0.717) is 0 Å². The second-order valence-corrected chi connectivity index (χ2v) is 21.1. The summed E-state index contributed by atoms with van der Waals surface area (Å²) in [6, 6.07) is 40.0. The third kappa shape index (κ3) is 5.70. The van der Waals surface area contributed by atoms with E-state index in [4.69, 9.17) is 19.9 Å². The minimum atomic E-state index is -3.03. The first-order valence-corrected chi connectivity index (χ1v) is 23.1. The molecule has 0 spiro atoms. The summed E-state index contributed by atoms with van der Waals surface area (Å²) in [6.07, 6.45) is 14.2. The maximum atomic E-state index is 4.86. The average Bonchev–Trinajstić information content (AvgIpc) is 3.30. The van der Waals surface area contributed by atoms with Gasteiger partial charge in [-0.1, -0.05) is 0 Å². The van der Waals surface area contributed by atoms with Crippen LogP contribution in [0, 0.1) is 0 Å². The van der Waals surface area contributed by atoms with E-state index < -0.39 is 15.2 Å². The quantitative estimate of drug-likeness (QED) is 0.175. The Morgan fingerprint density at radius 3 is 1.24 bits per heavy atom. The molecule has 0 amide bonds. The summed E-state index contributed by atoms with van der Waals surface area (Å²) in [5.41, 5.74) is 7.83. The van der Waals surface area contributed by atoms with Gasteiger partial charge in [-0.25, -0.2) is 0 Å². The van der Waals surface area contributed by atoms with Crippen molar-refractivity contribution in [1.82, 2.24) is 39.9 Å². The van der Waals surface area contributed by atoms with Crippen molar-refractivity contribution in [1.29, 1.82) is 0 Å². The van der Waals surface area contributed by atoms with E-state index in [-0.39, 0.29) is 0 Å². The Bertz CT molecular complexity index is 3080. The van der Waals surface area contributed by atoms with E-state index in [9.17, 15) is 0 Å². The second kappa shape index (κ2) is 13.9. The third-order valence-electron chi connectivity index (χ3n) is 11.8. The summed E-state index contributed by atoms with van der Waals surface area (Å²) in [6.45, 7) is 2.47. The number of hydrogen-bond donors (Lipinski definition) is 0. The molecule has 0 bridgehead atoms. The summed E-state index contributed by atoms with van der Waals surface area (Å²) in [4.78, 5) is 42.1. The Balaban J connectivity index is 1.37. The van der Waals surface area contributed by atoms with Gasteiger partial charge in [0.2, 0.25) is 0 Å². The van der Waals surface area contributed by atoms with E-state index in [2.05, 4.69) is 160 Å². The van der Waals surface area contributed by atoms with Crippen LogP contribution in [-0.4, -0.2) is 60.6 Å². The number of aromatic nitrogens is 8. The minimum absolute atomic E-state index is 0.883. The maximum absolute atomic E-state index is 4.86. The third-order valence-corrected chi connectivity index (χ3v) is 18.8. The fourth-order valence-electron chi connectivity index (χ4n) is 8.77. The second-order valence-electron chi connectivity index (χ2n) is 15.0. The Morgan fingerprint density at radius 1 is 0.441 bits per heavy atom. The van der Waals surface area contributed by atoms with Crippen LogP contribution in [-0.2, 0) is 0 Å². The molecule has 59 heavy (non-hydrogen) atoms. The normalized spacial score (nSPS) is 15.5. The molecule has 0 saturated carbocycles. The Hall–Kier alpha value is -6.86. The Kier molecular flexibility index (Phi) is 8.33. The molecule has 5 heterocycles. The molecule has 0 fully saturated rings. The molecule has 0 N–H and O–H groups in total. The first-order chi connectivity index (χ1) is 29.0. The molecule has 0 aliphatic carbocycles. The first kappa shape index (κ1) is 35.3. The van der Waals surface area contributed by atoms with Crippen LogP contribution in [0.5, 0.6) is 0 Å². The number of hydrogen-bond acceptors (Lipinski definition) is 10. The number of nitrogens with zero attached hydrogens (tertiary/aromatic N) is 10. The van der Waals surface area contributed by atoms with Crippen molar-refractivity contribution in [2.24, 2.45) is 0 Å². The summed E-state index contributed by atoms with van der Waals surface area (Å²) in [5, 5.41) is 11.1. The summed E-state index contributed by atoms with van der Waals surface area (Å²) >= 11 is 0. The molecule has 1 aliphatic heterocycles. The predicted octanol–water partition coefficient (Wildman–Crippen LogP) is 6.72. The van der Waals surface area contributed by atoms with Gasteiger partial charge in [-0.2, -0.15) is 0 Å². The van der Waals surface area contributed by atoms with Gasteiger partial charge in [0, 0.05) is 0 Å². The zero-order valence-electron chi connectivity index (χ0n) is 32.4. The van der Waals surface area contributed by atoms with Gasteiger partial charge in [0.15, 0.2) is 0 Å². The topological polar surface area (TPSA) is 110 Å². The molecule has 284 valence electrons. The molecule has 0 atom stereocenters. The summed E-state index contributed by atoms with van der Waals surface area (Å²) in [7, 11) is 0.117. The molecule has 0 unspecified atom stereocenters. The van der Waals surface area contributed by atoms with Crippen LogP contribution in [0.1, 0.15) is 0 Å². The molecule has 0 saturated heterocycles. The molecule has 4 aromatic heterocycles. The van der Waals surface area contributed by atoms with Crippen molar-refractivity contribution in [2.75, 3.05) is 30.6 Å². The van der Waals surface area contributed by atoms with Gasteiger partial charge in [-0.05, 0) is 0 Å². The SMILES string of the molecule is CN1c2cc3cncnc3cc2P(c2ccccc2)c2cc3ncncc3cc2N(C)c2cc3cncnc3cc2[PH](C)(c2ccccc2)c2cc3ncncc3cc21. The van der Waals surface area contributed by atoms with E-state index in [1.807, 2.05) is 24.8 Å². The number of rotatable bonds is 2. The molecule has 1 aliphatic rings. The van der Waals surface area contributed by atoms with Crippen molar-refractivity contribution < 1.29 is 0 Å². The zero-order chi connectivity index (χ0) is 39.7. The van der Waals surface area contributed by atoms with Gasteiger partial charge in [-0.3, -0.25) is 0 Å². The molecule has 11 rings (SSSR count). The number of anilines is 4. The Labute approximate surface area is 341 Å². The summed E-state index contributed by atoms with van der Waals surface area (Å²) < 4.78 is 0. The molecule has 12 heteroatoms. The van der Waals surface area contributed by atoms with Crippen LogP contribution in [0.2, 0.25) is 0 Å². The Morgan fingerprint density at radius 2 is 0.814 bits per heavy atom. The zero-order valence-corrected chi connectivity index (χ0v) is 34.3. The summed E-state index contributed by atoms with van der Waals surface area (Å²) in [5.74, 6) is 0. The monoisotopic (exact) mass is 802 g/mol. The van der Waals surface area contributed by atoms with Crippen LogP contribution >= 0.6 is 15.2 Å². The van der Waals surface area contributed by atoms with Crippen molar-refractivity contribution in [3.8, 4) is 0 Å². The van der Waals surface area contributed by atoms with E-state index in [1.165, 1.54) is 21.2 Å². The van der Waals surface area contributed by atoms with Crippen molar-refractivity contribution in [3.63, 3.8) is 0 Å². The fourth-order valence-corrected chi connectivity index (χ4v) is 15.6. The van der Waals surface area contributed by atoms with E-state index in [1.54, 1.807) is 25.3 Å². The van der Waals surface area contributed by atoms with Gasteiger partial charge < -0.3 is 0 Å². The van der Waals surface area contributed by atoms with Gasteiger partial charge in [0.25, 0.3) is 0 Å². The fraction of sp³-hybridized carbons (Fsp3) is 0.0638. The number of fused-ring (bicyclic) bond motifs is 8. The van der Waals surface area contributed by atoms with Crippen molar-refractivity contribution >= 4 is 113 Å². The molecular formula is C47H36N10P2. The van der Waals surface area contributed by atoms with Crippen molar-refractivity contribution in [2.45, 2.75) is 0 Å². The van der Waals surface area contributed by atoms with Crippen LogP contribution < -0.4 is 41.6 Å². The van der Waals surface area contributed by atoms with E-state index in [0.717, 1.165) is 77.0 Å². The molecule has 0 radical (unpaired) electrons. The van der Waals surface area contributed by atoms with E-state index >= 15 is 0 Å². The van der Waals surface area contributed by atoms with Crippen molar-refractivity contribution in [3.05, 3.63) is 159 Å². The molecule has 6 aromatic carbocycles. The number of benzene rings is 6.